The number of aryl methyl sites for hydroxylation is 1. The van der Waals surface area contributed by atoms with Crippen LogP contribution in [0.3, 0.4) is 0 Å². The molecule has 0 unspecified atom stereocenters. The van der Waals surface area contributed by atoms with Crippen molar-refractivity contribution in [3.05, 3.63) is 95.8 Å². The minimum atomic E-state index is -1.03. The van der Waals surface area contributed by atoms with Gasteiger partial charge in [-0.25, -0.2) is 19.7 Å². The first-order chi connectivity index (χ1) is 19.0. The molecule has 8 nitrogen and oxygen atoms in total. The van der Waals surface area contributed by atoms with Gasteiger partial charge in [-0.15, -0.1) is 11.3 Å². The molecule has 0 aliphatic heterocycles. The number of hydrogen-bond acceptors (Lipinski definition) is 8. The monoisotopic (exact) mass is 539 g/mol. The van der Waals surface area contributed by atoms with Crippen molar-refractivity contribution in [1.29, 1.82) is 0 Å². The van der Waals surface area contributed by atoms with Crippen LogP contribution in [0.25, 0.3) is 32.8 Å². The van der Waals surface area contributed by atoms with Crippen molar-refractivity contribution in [2.75, 3.05) is 13.7 Å². The highest BCUT2D eigenvalue weighted by molar-refractivity contribution is 7.15. The molecule has 0 aliphatic rings. The summed E-state index contributed by atoms with van der Waals surface area (Å²) in [5.41, 5.74) is 5.63. The van der Waals surface area contributed by atoms with Gasteiger partial charge >= 0.3 is 12.0 Å². The number of nitrogens with zero attached hydrogens (tertiary/aromatic N) is 3. The molecular weight excluding hydrogens is 514 g/mol. The molecule has 2 aromatic heterocycles. The fourth-order valence-corrected chi connectivity index (χ4v) is 4.97. The van der Waals surface area contributed by atoms with Crippen molar-refractivity contribution >= 4 is 17.3 Å². The van der Waals surface area contributed by atoms with E-state index in [0.717, 1.165) is 43.4 Å². The van der Waals surface area contributed by atoms with Crippen molar-refractivity contribution in [2.45, 2.75) is 13.5 Å². The molecule has 0 atom stereocenters. The van der Waals surface area contributed by atoms with Crippen LogP contribution < -0.4 is 14.2 Å². The molecule has 2 heterocycles. The van der Waals surface area contributed by atoms with Gasteiger partial charge in [0.2, 0.25) is 0 Å². The van der Waals surface area contributed by atoms with Crippen LogP contribution in [0.4, 0.5) is 0 Å². The minimum absolute atomic E-state index is 0.256. The van der Waals surface area contributed by atoms with Gasteiger partial charge in [-0.2, -0.15) is 0 Å². The second-order valence-corrected chi connectivity index (χ2v) is 9.67. The van der Waals surface area contributed by atoms with E-state index in [4.69, 9.17) is 24.3 Å². The van der Waals surface area contributed by atoms with E-state index in [-0.39, 0.29) is 12.6 Å². The Bertz CT molecular complexity index is 1570. The summed E-state index contributed by atoms with van der Waals surface area (Å²) in [4.78, 5) is 25.2. The lowest BCUT2D eigenvalue weighted by molar-refractivity contribution is -0.139. The molecule has 0 fully saturated rings. The molecule has 0 saturated heterocycles. The Kier molecular flexibility index (Phi) is 7.79. The lowest BCUT2D eigenvalue weighted by Crippen LogP contribution is -2.10. The minimum Gasteiger partial charge on any atom is -0.486 e. The van der Waals surface area contributed by atoms with Crippen LogP contribution in [-0.4, -0.2) is 39.7 Å². The summed E-state index contributed by atoms with van der Waals surface area (Å²) in [6.07, 6.45) is 3.40. The van der Waals surface area contributed by atoms with Gasteiger partial charge < -0.3 is 19.3 Å². The fourth-order valence-electron chi connectivity index (χ4n) is 3.96. The van der Waals surface area contributed by atoms with Crippen LogP contribution >= 0.6 is 11.3 Å². The van der Waals surface area contributed by atoms with Crippen LogP contribution in [0.2, 0.25) is 0 Å². The lowest BCUT2D eigenvalue weighted by atomic mass is 10.0. The summed E-state index contributed by atoms with van der Waals surface area (Å²) < 4.78 is 16.4. The third-order valence-electron chi connectivity index (χ3n) is 5.87. The van der Waals surface area contributed by atoms with Crippen molar-refractivity contribution in [1.82, 2.24) is 15.0 Å². The number of rotatable bonds is 10. The van der Waals surface area contributed by atoms with E-state index in [9.17, 15) is 4.79 Å². The van der Waals surface area contributed by atoms with Crippen molar-refractivity contribution < 1.29 is 24.1 Å². The van der Waals surface area contributed by atoms with E-state index in [0.29, 0.717) is 11.5 Å². The number of methoxy groups -OCH3 is 1. The van der Waals surface area contributed by atoms with E-state index < -0.39 is 12.6 Å². The maximum Gasteiger partial charge on any atom is 0.341 e. The molecule has 0 amide bonds. The Morgan fingerprint density at radius 2 is 1.56 bits per heavy atom. The predicted molar refractivity (Wildman–Crippen MR) is 149 cm³/mol. The Morgan fingerprint density at radius 1 is 0.872 bits per heavy atom. The first kappa shape index (κ1) is 25.9. The molecule has 1 N–H and O–H groups in total. The Hall–Kier alpha value is -4.76. The van der Waals surface area contributed by atoms with Crippen molar-refractivity contribution in [3.8, 4) is 50.3 Å². The number of carboxylic acids is 1. The largest absolute Gasteiger partial charge is 0.486 e. The number of aromatic nitrogens is 3. The van der Waals surface area contributed by atoms with Crippen molar-refractivity contribution in [2.24, 2.45) is 0 Å². The van der Waals surface area contributed by atoms with E-state index in [1.54, 1.807) is 35.9 Å². The van der Waals surface area contributed by atoms with E-state index in [1.807, 2.05) is 31.2 Å². The summed E-state index contributed by atoms with van der Waals surface area (Å²) >= 11 is 1.54. The van der Waals surface area contributed by atoms with Crippen LogP contribution in [0.1, 0.15) is 10.6 Å². The number of carboxylic acid groups (broad SMARTS) is 1. The molecule has 196 valence electrons. The summed E-state index contributed by atoms with van der Waals surface area (Å²) in [5.74, 6) is 0.109. The SMILES string of the molecule is COc1ncc(-c2nc(COc3ccc(OCC(=O)O)c(C)c3)sc2-c2ccc(-c3ccccc3)cc2)cn1. The first-order valence-corrected chi connectivity index (χ1v) is 12.9. The topological polar surface area (TPSA) is 104 Å². The lowest BCUT2D eigenvalue weighted by Gasteiger charge is -2.09. The average molecular weight is 540 g/mol. The summed E-state index contributed by atoms with van der Waals surface area (Å²) in [5, 5.41) is 9.63. The third kappa shape index (κ3) is 6.22. The highest BCUT2D eigenvalue weighted by Gasteiger charge is 2.17. The number of thiazole rings is 1. The van der Waals surface area contributed by atoms with Gasteiger partial charge in [-0.3, -0.25) is 0 Å². The summed E-state index contributed by atoms with van der Waals surface area (Å²) in [6, 6.07) is 24.2. The van der Waals surface area contributed by atoms with Gasteiger partial charge in [0.15, 0.2) is 6.61 Å². The zero-order valence-electron chi connectivity index (χ0n) is 21.3. The fraction of sp³-hybridized carbons (Fsp3) is 0.133. The maximum atomic E-state index is 10.8. The van der Waals surface area contributed by atoms with Gasteiger partial charge in [-0.1, -0.05) is 54.6 Å². The molecule has 0 radical (unpaired) electrons. The molecule has 0 saturated carbocycles. The average Bonchev–Trinajstić information content (AvgIpc) is 3.40. The standard InChI is InChI=1S/C30H25N3O5S/c1-19-14-24(12-13-25(19)38-18-27(34)35)37-17-26-33-28(23-15-31-30(36-2)32-16-23)29(39-26)22-10-8-21(9-11-22)20-6-4-3-5-7-20/h3-16H,17-18H2,1-2H3,(H,34,35). The van der Waals surface area contributed by atoms with Crippen molar-refractivity contribution in [3.63, 3.8) is 0 Å². The molecule has 9 heteroatoms. The molecule has 39 heavy (non-hydrogen) atoms. The number of benzene rings is 3. The number of ether oxygens (including phenoxy) is 3. The molecule has 3 aromatic carbocycles. The molecular formula is C30H25N3O5S. The Balaban J connectivity index is 1.41. The second kappa shape index (κ2) is 11.7. The van der Waals surface area contributed by atoms with Gasteiger partial charge in [-0.05, 0) is 47.4 Å². The Morgan fingerprint density at radius 3 is 2.23 bits per heavy atom. The highest BCUT2D eigenvalue weighted by atomic mass is 32.1. The number of aliphatic carboxylic acids is 1. The van der Waals surface area contributed by atoms with Gasteiger partial charge in [0, 0.05) is 18.0 Å². The van der Waals surface area contributed by atoms with Gasteiger partial charge in [0.05, 0.1) is 17.7 Å². The zero-order valence-corrected chi connectivity index (χ0v) is 22.1. The smallest absolute Gasteiger partial charge is 0.341 e. The summed E-state index contributed by atoms with van der Waals surface area (Å²) in [6.45, 7) is 1.70. The quantitative estimate of drug-likeness (QED) is 0.221. The predicted octanol–water partition coefficient (Wildman–Crippen LogP) is 6.29. The van der Waals surface area contributed by atoms with Crippen LogP contribution in [0, 0.1) is 6.92 Å². The molecule has 0 aliphatic carbocycles. The zero-order chi connectivity index (χ0) is 27.2. The summed E-state index contributed by atoms with van der Waals surface area (Å²) in [7, 11) is 1.53. The Labute approximate surface area is 229 Å². The maximum absolute atomic E-state index is 10.8. The molecule has 0 bridgehead atoms. The van der Waals surface area contributed by atoms with E-state index in [2.05, 4.69) is 46.4 Å². The van der Waals surface area contributed by atoms with Crippen LogP contribution in [0.15, 0.2) is 85.2 Å². The highest BCUT2D eigenvalue weighted by Crippen LogP contribution is 2.38. The second-order valence-electron chi connectivity index (χ2n) is 8.59. The molecule has 5 aromatic rings. The molecule has 5 rings (SSSR count). The number of carbonyl (C=O) groups is 1. The van der Waals surface area contributed by atoms with Gasteiger partial charge in [0.1, 0.15) is 23.1 Å². The molecule has 0 spiro atoms. The third-order valence-corrected chi connectivity index (χ3v) is 6.95. The van der Waals surface area contributed by atoms with E-state index >= 15 is 0 Å². The van der Waals surface area contributed by atoms with E-state index in [1.165, 1.54) is 7.11 Å². The van der Waals surface area contributed by atoms with Crippen LogP contribution in [0.5, 0.6) is 17.5 Å². The van der Waals surface area contributed by atoms with Crippen LogP contribution in [-0.2, 0) is 11.4 Å². The number of hydrogen-bond donors (Lipinski definition) is 1. The van der Waals surface area contributed by atoms with Gasteiger partial charge in [0.25, 0.3) is 0 Å². The normalized spacial score (nSPS) is 10.7. The first-order valence-electron chi connectivity index (χ1n) is 12.1.